The molecule has 0 aliphatic heterocycles. The molecule has 0 aliphatic rings. The lowest BCUT2D eigenvalue weighted by molar-refractivity contribution is 0.180. The maximum atomic E-state index is 2.54. The summed E-state index contributed by atoms with van der Waals surface area (Å²) in [5, 5.41) is 0. The summed E-state index contributed by atoms with van der Waals surface area (Å²) in [6.07, 6.45) is 0. The van der Waals surface area contributed by atoms with Gasteiger partial charge in [0.25, 0.3) is 0 Å². The van der Waals surface area contributed by atoms with Crippen LogP contribution >= 0.6 is 0 Å². The summed E-state index contributed by atoms with van der Waals surface area (Å²) in [6.45, 7) is 5.34. The van der Waals surface area contributed by atoms with Gasteiger partial charge in [0.2, 0.25) is 0 Å². The molecule has 2 aromatic carbocycles. The maximum Gasteiger partial charge on any atom is 0.139 e. The Morgan fingerprint density at radius 1 is 0.909 bits per heavy atom. The van der Waals surface area contributed by atoms with Crippen molar-refractivity contribution in [1.82, 2.24) is 9.80 Å². The third-order valence-corrected chi connectivity index (χ3v) is 4.14. The molecule has 116 valence electrons. The van der Waals surface area contributed by atoms with E-state index in [4.69, 9.17) is 0 Å². The summed E-state index contributed by atoms with van der Waals surface area (Å²) in [6, 6.07) is 20.1. The molecular weight excluding hydrogens is 267 g/mol. The van der Waals surface area contributed by atoms with Crippen LogP contribution in [-0.4, -0.2) is 44.3 Å². The Morgan fingerprint density at radius 2 is 1.55 bits per heavy atom. The first-order chi connectivity index (χ1) is 10.5. The van der Waals surface area contributed by atoms with Crippen molar-refractivity contribution in [1.29, 1.82) is 0 Å². The number of hydrogen-bond donors (Lipinski definition) is 0. The van der Waals surface area contributed by atoms with Gasteiger partial charge in [0.1, 0.15) is 7.85 Å². The van der Waals surface area contributed by atoms with Gasteiger partial charge in [-0.2, -0.15) is 0 Å². The molecule has 1 atom stereocenters. The third-order valence-electron chi connectivity index (χ3n) is 4.14. The van der Waals surface area contributed by atoms with Crippen LogP contribution in [-0.2, 0) is 13.1 Å². The fraction of sp³-hybridized carbons (Fsp3) is 0.368. The Balaban J connectivity index is 2.10. The molecule has 2 aromatic rings. The largest absolute Gasteiger partial charge is 0.305 e. The molecule has 0 bridgehead atoms. The molecule has 0 fully saturated rings. The van der Waals surface area contributed by atoms with Gasteiger partial charge in [-0.15, -0.1) is 0 Å². The van der Waals surface area contributed by atoms with E-state index in [1.807, 2.05) is 0 Å². The fourth-order valence-electron chi connectivity index (χ4n) is 2.63. The highest BCUT2D eigenvalue weighted by molar-refractivity contribution is 6.32. The number of hydrogen-bond acceptors (Lipinski definition) is 2. The molecule has 0 aliphatic carbocycles. The van der Waals surface area contributed by atoms with E-state index < -0.39 is 0 Å². The van der Waals surface area contributed by atoms with Gasteiger partial charge in [-0.05, 0) is 32.1 Å². The van der Waals surface area contributed by atoms with Crippen molar-refractivity contribution in [3.05, 3.63) is 65.7 Å². The maximum absolute atomic E-state index is 2.54. The summed E-state index contributed by atoms with van der Waals surface area (Å²) in [5.74, 6) is 0. The quantitative estimate of drug-likeness (QED) is 0.720. The zero-order valence-electron chi connectivity index (χ0n) is 14.3. The standard InChI is InChI=1S/C19H27BN2/c1-16(21(2)3)13-22(14-17-8-5-4-6-9-17)15-18-10-7-11-19(20)12-18/h4-12,16H,13-15,20H2,1-3H3. The van der Waals surface area contributed by atoms with Gasteiger partial charge < -0.3 is 4.90 Å². The molecule has 0 aromatic heterocycles. The highest BCUT2D eigenvalue weighted by Gasteiger charge is 2.13. The highest BCUT2D eigenvalue weighted by atomic mass is 15.2. The van der Waals surface area contributed by atoms with E-state index in [9.17, 15) is 0 Å². The summed E-state index contributed by atoms with van der Waals surface area (Å²) in [4.78, 5) is 4.82. The van der Waals surface area contributed by atoms with Crippen LogP contribution in [0, 0.1) is 0 Å². The predicted octanol–water partition coefficient (Wildman–Crippen LogP) is 1.90. The molecule has 0 heterocycles. The van der Waals surface area contributed by atoms with E-state index in [0.29, 0.717) is 6.04 Å². The monoisotopic (exact) mass is 294 g/mol. The Hall–Kier alpha value is -1.58. The van der Waals surface area contributed by atoms with Gasteiger partial charge in [0.15, 0.2) is 0 Å². The molecular formula is C19H27BN2. The molecule has 0 radical (unpaired) electrons. The lowest BCUT2D eigenvalue weighted by atomic mass is 9.94. The topological polar surface area (TPSA) is 6.48 Å². The van der Waals surface area contributed by atoms with Gasteiger partial charge in [-0.3, -0.25) is 4.90 Å². The molecule has 0 N–H and O–H groups in total. The molecule has 0 saturated heterocycles. The van der Waals surface area contributed by atoms with E-state index in [1.54, 1.807) is 0 Å². The van der Waals surface area contributed by atoms with Crippen molar-refractivity contribution in [2.45, 2.75) is 26.1 Å². The molecule has 0 amide bonds. The van der Waals surface area contributed by atoms with Crippen LogP contribution < -0.4 is 5.46 Å². The van der Waals surface area contributed by atoms with Crippen molar-refractivity contribution in [2.24, 2.45) is 0 Å². The van der Waals surface area contributed by atoms with Crippen LogP contribution in [0.25, 0.3) is 0 Å². The Labute approximate surface area is 136 Å². The normalized spacial score (nSPS) is 12.8. The molecule has 0 spiro atoms. The van der Waals surface area contributed by atoms with Crippen molar-refractivity contribution in [2.75, 3.05) is 20.6 Å². The second kappa shape index (κ2) is 8.16. The number of likely N-dealkylation sites (N-methyl/N-ethyl adjacent to an activating group) is 1. The van der Waals surface area contributed by atoms with E-state index in [0.717, 1.165) is 19.6 Å². The SMILES string of the molecule is Bc1cccc(CN(Cc2ccccc2)CC(C)N(C)C)c1. The third kappa shape index (κ3) is 5.32. The second-order valence-corrected chi connectivity index (χ2v) is 6.46. The Morgan fingerprint density at radius 3 is 2.18 bits per heavy atom. The van der Waals surface area contributed by atoms with Gasteiger partial charge >= 0.3 is 0 Å². The minimum Gasteiger partial charge on any atom is -0.305 e. The minimum absolute atomic E-state index is 0.536. The second-order valence-electron chi connectivity index (χ2n) is 6.46. The van der Waals surface area contributed by atoms with Gasteiger partial charge in [0, 0.05) is 25.7 Å². The molecule has 3 heteroatoms. The smallest absolute Gasteiger partial charge is 0.139 e. The number of rotatable bonds is 7. The van der Waals surface area contributed by atoms with Crippen LogP contribution in [0.2, 0.25) is 0 Å². The average molecular weight is 294 g/mol. The Bertz CT molecular complexity index is 569. The molecule has 2 nitrogen and oxygen atoms in total. The van der Waals surface area contributed by atoms with Gasteiger partial charge in [-0.1, -0.05) is 60.1 Å². The first kappa shape index (κ1) is 16.8. The first-order valence-electron chi connectivity index (χ1n) is 8.03. The van der Waals surface area contributed by atoms with Crippen molar-refractivity contribution < 1.29 is 0 Å². The summed E-state index contributed by atoms with van der Waals surface area (Å²) in [5.41, 5.74) is 4.10. The average Bonchev–Trinajstić information content (AvgIpc) is 2.48. The van der Waals surface area contributed by atoms with E-state index in [-0.39, 0.29) is 0 Å². The lowest BCUT2D eigenvalue weighted by Gasteiger charge is -2.29. The van der Waals surface area contributed by atoms with Crippen LogP contribution in [0.4, 0.5) is 0 Å². The van der Waals surface area contributed by atoms with Gasteiger partial charge in [-0.25, -0.2) is 0 Å². The summed E-state index contributed by atoms with van der Waals surface area (Å²) < 4.78 is 0. The lowest BCUT2D eigenvalue weighted by Crippen LogP contribution is -2.38. The zero-order chi connectivity index (χ0) is 15.9. The zero-order valence-corrected chi connectivity index (χ0v) is 14.3. The van der Waals surface area contributed by atoms with Crippen LogP contribution in [0.1, 0.15) is 18.1 Å². The predicted molar refractivity (Wildman–Crippen MR) is 98.3 cm³/mol. The van der Waals surface area contributed by atoms with Crippen LogP contribution in [0.15, 0.2) is 54.6 Å². The van der Waals surface area contributed by atoms with E-state index >= 15 is 0 Å². The van der Waals surface area contributed by atoms with E-state index in [1.165, 1.54) is 16.6 Å². The van der Waals surface area contributed by atoms with Gasteiger partial charge in [0.05, 0.1) is 0 Å². The van der Waals surface area contributed by atoms with Crippen molar-refractivity contribution in [3.8, 4) is 0 Å². The fourth-order valence-corrected chi connectivity index (χ4v) is 2.63. The van der Waals surface area contributed by atoms with Crippen molar-refractivity contribution >= 4 is 13.3 Å². The first-order valence-corrected chi connectivity index (χ1v) is 8.03. The number of benzene rings is 2. The number of nitrogens with zero attached hydrogens (tertiary/aromatic N) is 2. The van der Waals surface area contributed by atoms with Crippen molar-refractivity contribution in [3.63, 3.8) is 0 Å². The molecule has 22 heavy (non-hydrogen) atoms. The summed E-state index contributed by atoms with van der Waals surface area (Å²) in [7, 11) is 6.46. The molecule has 0 saturated carbocycles. The molecule has 2 rings (SSSR count). The summed E-state index contributed by atoms with van der Waals surface area (Å²) >= 11 is 0. The van der Waals surface area contributed by atoms with Crippen LogP contribution in [0.5, 0.6) is 0 Å². The Kier molecular flexibility index (Phi) is 6.23. The molecule has 1 unspecified atom stereocenters. The van der Waals surface area contributed by atoms with Crippen LogP contribution in [0.3, 0.4) is 0 Å². The minimum atomic E-state index is 0.536. The van der Waals surface area contributed by atoms with E-state index in [2.05, 4.69) is 93.3 Å². The highest BCUT2D eigenvalue weighted by Crippen LogP contribution is 2.11.